The fourth-order valence-corrected chi connectivity index (χ4v) is 2.91. The number of ether oxygens (including phenoxy) is 1. The number of esters is 1. The van der Waals surface area contributed by atoms with E-state index < -0.39 is 0 Å². The van der Waals surface area contributed by atoms with Gasteiger partial charge in [0.05, 0.1) is 11.4 Å². The minimum atomic E-state index is -0.167. The average molecular weight is 375 g/mol. The lowest BCUT2D eigenvalue weighted by Gasteiger charge is -2.21. The van der Waals surface area contributed by atoms with E-state index in [0.29, 0.717) is 39.1 Å². The van der Waals surface area contributed by atoms with Gasteiger partial charge in [0, 0.05) is 38.4 Å². The van der Waals surface area contributed by atoms with Crippen molar-refractivity contribution in [3.8, 4) is 0 Å². The molecule has 0 fully saturated rings. The zero-order valence-electron chi connectivity index (χ0n) is 15.9. The van der Waals surface area contributed by atoms with E-state index in [1.165, 1.54) is 0 Å². The van der Waals surface area contributed by atoms with E-state index in [1.54, 1.807) is 12.4 Å². The highest BCUT2D eigenvalue weighted by Crippen LogP contribution is 2.07. The summed E-state index contributed by atoms with van der Waals surface area (Å²) in [6, 6.07) is 21.7. The van der Waals surface area contributed by atoms with Crippen molar-refractivity contribution in [1.29, 1.82) is 0 Å². The summed E-state index contributed by atoms with van der Waals surface area (Å²) in [5.41, 5.74) is 3.11. The lowest BCUT2D eigenvalue weighted by Crippen LogP contribution is -2.28. The number of carbonyl (C=O) groups excluding carboxylic acids is 1. The Bertz CT molecular complexity index is 785. The van der Waals surface area contributed by atoms with Crippen LogP contribution in [0.4, 0.5) is 0 Å². The Morgan fingerprint density at radius 3 is 2.00 bits per heavy atom. The number of pyridine rings is 2. The molecular weight excluding hydrogens is 350 g/mol. The van der Waals surface area contributed by atoms with Gasteiger partial charge >= 0.3 is 5.97 Å². The fourth-order valence-electron chi connectivity index (χ4n) is 2.91. The fraction of sp³-hybridized carbons (Fsp3) is 0.261. The maximum absolute atomic E-state index is 12.0. The Kier molecular flexibility index (Phi) is 7.70. The van der Waals surface area contributed by atoms with Crippen LogP contribution < -0.4 is 0 Å². The Morgan fingerprint density at radius 1 is 0.821 bits per heavy atom. The summed E-state index contributed by atoms with van der Waals surface area (Å²) >= 11 is 0. The first-order valence-electron chi connectivity index (χ1n) is 9.51. The molecule has 0 saturated heterocycles. The van der Waals surface area contributed by atoms with E-state index in [2.05, 4.69) is 14.9 Å². The zero-order chi connectivity index (χ0) is 19.4. The second kappa shape index (κ2) is 10.9. The van der Waals surface area contributed by atoms with Gasteiger partial charge in [0.25, 0.3) is 0 Å². The quantitative estimate of drug-likeness (QED) is 0.506. The molecule has 5 nitrogen and oxygen atoms in total. The highest BCUT2D eigenvalue weighted by Gasteiger charge is 2.10. The summed E-state index contributed by atoms with van der Waals surface area (Å²) in [5, 5.41) is 0. The van der Waals surface area contributed by atoms with Gasteiger partial charge in [-0.3, -0.25) is 19.7 Å². The van der Waals surface area contributed by atoms with Gasteiger partial charge in [-0.05, 0) is 36.2 Å². The Hall–Kier alpha value is -3.05. The molecule has 144 valence electrons. The van der Waals surface area contributed by atoms with Crippen molar-refractivity contribution in [1.82, 2.24) is 14.9 Å². The minimum Gasteiger partial charge on any atom is -0.464 e. The van der Waals surface area contributed by atoms with Gasteiger partial charge in [-0.2, -0.15) is 0 Å². The van der Waals surface area contributed by atoms with Crippen LogP contribution >= 0.6 is 0 Å². The average Bonchev–Trinajstić information content (AvgIpc) is 2.74. The molecule has 0 aliphatic carbocycles. The predicted octanol–water partition coefficient (Wildman–Crippen LogP) is 3.65. The van der Waals surface area contributed by atoms with Crippen molar-refractivity contribution >= 4 is 5.97 Å². The van der Waals surface area contributed by atoms with Crippen LogP contribution in [0.1, 0.15) is 23.4 Å². The van der Waals surface area contributed by atoms with Gasteiger partial charge in [-0.1, -0.05) is 42.5 Å². The zero-order valence-corrected chi connectivity index (χ0v) is 15.9. The third-order valence-corrected chi connectivity index (χ3v) is 4.35. The number of rotatable bonds is 10. The van der Waals surface area contributed by atoms with Crippen molar-refractivity contribution in [3.63, 3.8) is 0 Å². The van der Waals surface area contributed by atoms with Gasteiger partial charge in [0.1, 0.15) is 6.61 Å². The van der Waals surface area contributed by atoms with E-state index in [9.17, 15) is 4.79 Å². The highest BCUT2D eigenvalue weighted by atomic mass is 16.5. The molecule has 2 aromatic heterocycles. The van der Waals surface area contributed by atoms with Gasteiger partial charge in [-0.15, -0.1) is 0 Å². The van der Waals surface area contributed by atoms with Crippen LogP contribution in [0.15, 0.2) is 79.1 Å². The third kappa shape index (κ3) is 6.93. The third-order valence-electron chi connectivity index (χ3n) is 4.35. The molecule has 2 heterocycles. The van der Waals surface area contributed by atoms with Gasteiger partial charge in [0.2, 0.25) is 0 Å². The van der Waals surface area contributed by atoms with Gasteiger partial charge in [-0.25, -0.2) is 0 Å². The molecule has 1 aromatic carbocycles. The lowest BCUT2D eigenvalue weighted by atomic mass is 10.1. The highest BCUT2D eigenvalue weighted by molar-refractivity contribution is 5.69. The van der Waals surface area contributed by atoms with E-state index in [1.807, 2.05) is 66.7 Å². The Labute approximate surface area is 166 Å². The molecule has 3 rings (SSSR count). The van der Waals surface area contributed by atoms with Crippen LogP contribution in [0.3, 0.4) is 0 Å². The van der Waals surface area contributed by atoms with Crippen molar-refractivity contribution in [3.05, 3.63) is 96.1 Å². The van der Waals surface area contributed by atoms with E-state index in [-0.39, 0.29) is 5.97 Å². The SMILES string of the molecule is O=C(CCc1ccccc1)OCCN(Cc1ccccn1)Cc1ccccn1. The summed E-state index contributed by atoms with van der Waals surface area (Å²) in [7, 11) is 0. The summed E-state index contributed by atoms with van der Waals surface area (Å²) in [5.74, 6) is -0.167. The molecule has 0 bridgehead atoms. The van der Waals surface area contributed by atoms with Gasteiger partial charge < -0.3 is 4.74 Å². The largest absolute Gasteiger partial charge is 0.464 e. The minimum absolute atomic E-state index is 0.167. The van der Waals surface area contributed by atoms with E-state index in [4.69, 9.17) is 4.74 Å². The molecule has 5 heteroatoms. The summed E-state index contributed by atoms with van der Waals surface area (Å²) in [4.78, 5) is 23.0. The van der Waals surface area contributed by atoms with Gasteiger partial charge in [0.15, 0.2) is 0 Å². The lowest BCUT2D eigenvalue weighted by molar-refractivity contribution is -0.144. The first-order valence-corrected chi connectivity index (χ1v) is 9.51. The molecule has 0 aliphatic rings. The number of aryl methyl sites for hydroxylation is 1. The monoisotopic (exact) mass is 375 g/mol. The molecule has 0 saturated carbocycles. The summed E-state index contributed by atoms with van der Waals surface area (Å²) in [6.45, 7) is 2.34. The van der Waals surface area contributed by atoms with Crippen LogP contribution in [-0.2, 0) is 29.0 Å². The van der Waals surface area contributed by atoms with Crippen LogP contribution in [0.2, 0.25) is 0 Å². The van der Waals surface area contributed by atoms with E-state index >= 15 is 0 Å². The molecule has 0 radical (unpaired) electrons. The summed E-state index contributed by atoms with van der Waals surface area (Å²) in [6.07, 6.45) is 4.67. The normalized spacial score (nSPS) is 10.8. The molecule has 0 amide bonds. The van der Waals surface area contributed by atoms with Crippen molar-refractivity contribution in [2.75, 3.05) is 13.2 Å². The number of benzene rings is 1. The second-order valence-corrected chi connectivity index (χ2v) is 6.56. The Morgan fingerprint density at radius 2 is 1.43 bits per heavy atom. The number of nitrogens with zero attached hydrogens (tertiary/aromatic N) is 3. The molecule has 0 unspecified atom stereocenters. The molecule has 28 heavy (non-hydrogen) atoms. The van der Waals surface area contributed by atoms with Crippen molar-refractivity contribution in [2.45, 2.75) is 25.9 Å². The standard InChI is InChI=1S/C23H25N3O2/c27-23(13-12-20-8-2-1-3-9-20)28-17-16-26(18-21-10-4-6-14-24-21)19-22-11-5-7-15-25-22/h1-11,14-15H,12-13,16-19H2. The van der Waals surface area contributed by atoms with Crippen LogP contribution in [0.5, 0.6) is 0 Å². The van der Waals surface area contributed by atoms with E-state index in [0.717, 1.165) is 17.0 Å². The second-order valence-electron chi connectivity index (χ2n) is 6.56. The Balaban J connectivity index is 1.48. The number of aromatic nitrogens is 2. The molecule has 3 aromatic rings. The molecule has 0 spiro atoms. The summed E-state index contributed by atoms with van der Waals surface area (Å²) < 4.78 is 5.45. The van der Waals surface area contributed by atoms with Crippen LogP contribution in [0.25, 0.3) is 0 Å². The molecule has 0 N–H and O–H groups in total. The molecule has 0 atom stereocenters. The first-order chi connectivity index (χ1) is 13.8. The molecular formula is C23H25N3O2. The number of hydrogen-bond acceptors (Lipinski definition) is 5. The first kappa shape index (κ1) is 19.7. The van der Waals surface area contributed by atoms with Crippen molar-refractivity contribution in [2.24, 2.45) is 0 Å². The smallest absolute Gasteiger partial charge is 0.306 e. The van der Waals surface area contributed by atoms with Crippen LogP contribution in [-0.4, -0.2) is 34.0 Å². The van der Waals surface area contributed by atoms with Crippen LogP contribution in [0, 0.1) is 0 Å². The molecule has 0 aliphatic heterocycles. The van der Waals surface area contributed by atoms with Crippen molar-refractivity contribution < 1.29 is 9.53 Å². The predicted molar refractivity (Wildman–Crippen MR) is 108 cm³/mol. The number of hydrogen-bond donors (Lipinski definition) is 0. The topological polar surface area (TPSA) is 55.3 Å². The maximum atomic E-state index is 12.0. The maximum Gasteiger partial charge on any atom is 0.306 e. The number of carbonyl (C=O) groups is 1.